The lowest BCUT2D eigenvalue weighted by Gasteiger charge is -2.36. The average molecular weight is 365 g/mol. The van der Waals surface area contributed by atoms with E-state index in [1.807, 2.05) is 15.9 Å². The van der Waals surface area contributed by atoms with Crippen LogP contribution >= 0.6 is 0 Å². The summed E-state index contributed by atoms with van der Waals surface area (Å²) in [6.45, 7) is 4.27. The lowest BCUT2D eigenvalue weighted by atomic mass is 10.2. The molecule has 0 spiro atoms. The first-order chi connectivity index (χ1) is 12.0. The lowest BCUT2D eigenvalue weighted by Crippen LogP contribution is -2.47. The van der Waals surface area contributed by atoms with Crippen molar-refractivity contribution in [2.24, 2.45) is 0 Å². The van der Waals surface area contributed by atoms with Crippen molar-refractivity contribution in [1.82, 2.24) is 10.2 Å². The Bertz CT molecular complexity index is 821. The third kappa shape index (κ3) is 4.16. The first kappa shape index (κ1) is 17.4. The highest BCUT2D eigenvalue weighted by molar-refractivity contribution is 7.92. The third-order valence-corrected chi connectivity index (χ3v) is 5.37. The summed E-state index contributed by atoms with van der Waals surface area (Å²) in [5, 5.41) is 8.02. The molecule has 7 nitrogen and oxygen atoms in total. The van der Waals surface area contributed by atoms with Crippen molar-refractivity contribution >= 4 is 27.3 Å². The molecule has 2 heterocycles. The van der Waals surface area contributed by atoms with E-state index in [9.17, 15) is 12.8 Å². The van der Waals surface area contributed by atoms with Gasteiger partial charge in [-0.2, -0.15) is 0 Å². The van der Waals surface area contributed by atoms with Crippen LogP contribution in [0.2, 0.25) is 0 Å². The molecule has 1 aliphatic heterocycles. The van der Waals surface area contributed by atoms with Gasteiger partial charge in [-0.1, -0.05) is 12.1 Å². The van der Waals surface area contributed by atoms with Crippen LogP contribution < -0.4 is 14.5 Å². The second kappa shape index (κ2) is 7.22. The molecule has 1 N–H and O–H groups in total. The Morgan fingerprint density at radius 3 is 2.32 bits per heavy atom. The summed E-state index contributed by atoms with van der Waals surface area (Å²) < 4.78 is 39.3. The highest BCUT2D eigenvalue weighted by atomic mass is 32.2. The Morgan fingerprint density at radius 2 is 1.72 bits per heavy atom. The van der Waals surface area contributed by atoms with E-state index in [-0.39, 0.29) is 17.4 Å². The minimum atomic E-state index is -3.36. The van der Waals surface area contributed by atoms with Crippen molar-refractivity contribution in [3.8, 4) is 0 Å². The monoisotopic (exact) mass is 365 g/mol. The van der Waals surface area contributed by atoms with Gasteiger partial charge in [0, 0.05) is 26.2 Å². The molecule has 134 valence electrons. The number of nitrogens with one attached hydrogen (secondary N) is 1. The van der Waals surface area contributed by atoms with E-state index in [0.717, 1.165) is 0 Å². The second-order valence-corrected chi connectivity index (χ2v) is 7.72. The highest BCUT2D eigenvalue weighted by Crippen LogP contribution is 2.22. The zero-order chi connectivity index (χ0) is 17.9. The Balaban J connectivity index is 1.62. The minimum Gasteiger partial charge on any atom is -0.366 e. The molecule has 1 aromatic carbocycles. The van der Waals surface area contributed by atoms with Gasteiger partial charge in [0.2, 0.25) is 10.0 Å². The normalized spacial score (nSPS) is 15.3. The Morgan fingerprint density at radius 1 is 1.04 bits per heavy atom. The van der Waals surface area contributed by atoms with Crippen molar-refractivity contribution < 1.29 is 12.8 Å². The first-order valence-electron chi connectivity index (χ1n) is 8.07. The first-order valence-corrected chi connectivity index (χ1v) is 9.72. The second-order valence-electron chi connectivity index (χ2n) is 5.71. The van der Waals surface area contributed by atoms with Crippen LogP contribution in [0.3, 0.4) is 0 Å². The topological polar surface area (TPSA) is 78.4 Å². The molecule has 0 unspecified atom stereocenters. The number of aromatic nitrogens is 2. The predicted molar refractivity (Wildman–Crippen MR) is 95.9 cm³/mol. The lowest BCUT2D eigenvalue weighted by molar-refractivity contribution is 0.595. The fraction of sp³-hybridized carbons (Fsp3) is 0.375. The number of piperazine rings is 1. The maximum Gasteiger partial charge on any atom is 0.233 e. The summed E-state index contributed by atoms with van der Waals surface area (Å²) in [7, 11) is -3.36. The van der Waals surface area contributed by atoms with Crippen molar-refractivity contribution in [3.63, 3.8) is 0 Å². The number of hydrogen-bond acceptors (Lipinski definition) is 6. The minimum absolute atomic E-state index is 0.0194. The van der Waals surface area contributed by atoms with E-state index in [2.05, 4.69) is 14.9 Å². The molecular weight excluding hydrogens is 345 g/mol. The summed E-state index contributed by atoms with van der Waals surface area (Å²) in [6.07, 6.45) is 0. The molecule has 25 heavy (non-hydrogen) atoms. The van der Waals surface area contributed by atoms with Crippen LogP contribution in [0.25, 0.3) is 0 Å². The Kier molecular flexibility index (Phi) is 5.03. The summed E-state index contributed by atoms with van der Waals surface area (Å²) in [5.74, 6) is 0.639. The average Bonchev–Trinajstić information content (AvgIpc) is 2.63. The predicted octanol–water partition coefficient (Wildman–Crippen LogP) is 1.70. The number of nitrogens with zero attached hydrogens (tertiary/aromatic N) is 4. The molecule has 3 rings (SSSR count). The van der Waals surface area contributed by atoms with Crippen LogP contribution in [0.1, 0.15) is 6.92 Å². The summed E-state index contributed by atoms with van der Waals surface area (Å²) >= 11 is 0. The van der Waals surface area contributed by atoms with Crippen molar-refractivity contribution in [3.05, 3.63) is 42.2 Å². The third-order valence-electron chi connectivity index (χ3n) is 4.09. The molecule has 1 aromatic heterocycles. The van der Waals surface area contributed by atoms with Crippen LogP contribution in [-0.4, -0.2) is 50.5 Å². The molecule has 0 saturated carbocycles. The van der Waals surface area contributed by atoms with E-state index >= 15 is 0 Å². The molecule has 1 saturated heterocycles. The molecule has 2 aromatic rings. The van der Waals surface area contributed by atoms with E-state index in [1.165, 1.54) is 6.07 Å². The molecule has 0 amide bonds. The fourth-order valence-corrected chi connectivity index (χ4v) is 3.24. The SMILES string of the molecule is CCS(=O)(=O)Nc1ccc(N2CCN(c3ccccc3F)CC2)nn1. The maximum atomic E-state index is 13.9. The number of anilines is 3. The Labute approximate surface area is 146 Å². The quantitative estimate of drug-likeness (QED) is 0.869. The van der Waals surface area contributed by atoms with Gasteiger partial charge >= 0.3 is 0 Å². The van der Waals surface area contributed by atoms with Gasteiger partial charge in [-0.15, -0.1) is 10.2 Å². The highest BCUT2D eigenvalue weighted by Gasteiger charge is 2.20. The van der Waals surface area contributed by atoms with Gasteiger partial charge in [0.15, 0.2) is 11.6 Å². The fourth-order valence-electron chi connectivity index (χ4n) is 2.66. The molecular formula is C16H20FN5O2S. The van der Waals surface area contributed by atoms with Crippen molar-refractivity contribution in [1.29, 1.82) is 0 Å². The van der Waals surface area contributed by atoms with Crippen molar-refractivity contribution in [2.45, 2.75) is 6.92 Å². The van der Waals surface area contributed by atoms with Gasteiger partial charge in [-0.25, -0.2) is 12.8 Å². The maximum absolute atomic E-state index is 13.9. The molecule has 1 aliphatic rings. The summed E-state index contributed by atoms with van der Waals surface area (Å²) in [4.78, 5) is 4.05. The van der Waals surface area contributed by atoms with Gasteiger partial charge in [0.25, 0.3) is 0 Å². The van der Waals surface area contributed by atoms with E-state index in [4.69, 9.17) is 0 Å². The molecule has 1 fully saturated rings. The van der Waals surface area contributed by atoms with Gasteiger partial charge in [0.05, 0.1) is 11.4 Å². The number of rotatable bonds is 5. The smallest absolute Gasteiger partial charge is 0.233 e. The van der Waals surface area contributed by atoms with E-state index in [1.54, 1.807) is 31.2 Å². The van der Waals surface area contributed by atoms with Crippen molar-refractivity contribution in [2.75, 3.05) is 46.5 Å². The Hall–Kier alpha value is -2.42. The van der Waals surface area contributed by atoms with Gasteiger partial charge in [-0.05, 0) is 31.2 Å². The largest absolute Gasteiger partial charge is 0.366 e. The van der Waals surface area contributed by atoms with Crippen LogP contribution in [0.5, 0.6) is 0 Å². The molecule has 0 bridgehead atoms. The number of hydrogen-bond donors (Lipinski definition) is 1. The van der Waals surface area contributed by atoms with Crippen LogP contribution in [0.4, 0.5) is 21.7 Å². The summed E-state index contributed by atoms with van der Waals surface area (Å²) in [5.41, 5.74) is 0.609. The van der Waals surface area contributed by atoms with Crippen LogP contribution in [-0.2, 0) is 10.0 Å². The number of halogens is 1. The van der Waals surface area contributed by atoms with E-state index in [0.29, 0.717) is 37.7 Å². The van der Waals surface area contributed by atoms with Crippen LogP contribution in [0, 0.1) is 5.82 Å². The van der Waals surface area contributed by atoms with E-state index < -0.39 is 10.0 Å². The standard InChI is InChI=1S/C16H20FN5O2S/c1-2-25(23,24)20-15-7-8-16(19-18-15)22-11-9-21(10-12-22)14-6-4-3-5-13(14)17/h3-8H,2,9-12H2,1H3,(H,18,20). The van der Waals surface area contributed by atoms with Gasteiger partial charge < -0.3 is 9.80 Å². The van der Waals surface area contributed by atoms with Crippen LogP contribution in [0.15, 0.2) is 36.4 Å². The zero-order valence-corrected chi connectivity index (χ0v) is 14.7. The molecule has 0 radical (unpaired) electrons. The molecule has 0 aliphatic carbocycles. The van der Waals surface area contributed by atoms with Gasteiger partial charge in [0.1, 0.15) is 5.82 Å². The number of para-hydroxylation sites is 1. The summed E-state index contributed by atoms with van der Waals surface area (Å²) in [6, 6.07) is 10.1. The number of sulfonamides is 1. The number of benzene rings is 1. The molecule has 0 atom stereocenters. The zero-order valence-electron chi connectivity index (χ0n) is 13.9. The van der Waals surface area contributed by atoms with Gasteiger partial charge in [-0.3, -0.25) is 4.72 Å². The molecule has 9 heteroatoms.